The molecule has 0 bridgehead atoms. The summed E-state index contributed by atoms with van der Waals surface area (Å²) in [6.45, 7) is 4.34. The van der Waals surface area contributed by atoms with Gasteiger partial charge in [0.15, 0.2) is 0 Å². The first kappa shape index (κ1) is 13.8. The number of hydrogen-bond acceptors (Lipinski definition) is 4. The molecule has 0 radical (unpaired) electrons. The summed E-state index contributed by atoms with van der Waals surface area (Å²) < 4.78 is 30.9. The number of hydrogen-bond donors (Lipinski definition) is 2. The number of rotatable bonds is 6. The molecule has 0 aliphatic heterocycles. The van der Waals surface area contributed by atoms with Crippen LogP contribution < -0.4 is 10.5 Å². The van der Waals surface area contributed by atoms with Crippen molar-refractivity contribution < 1.29 is 13.2 Å². The average Bonchev–Trinajstić information content (AvgIpc) is 2.23. The number of ether oxygens (including phenoxy) is 1. The molecule has 1 rings (SSSR count). The first-order valence-corrected chi connectivity index (χ1v) is 7.04. The van der Waals surface area contributed by atoms with Crippen molar-refractivity contribution in [2.45, 2.75) is 13.8 Å². The standard InChI is InChI=1S/C11H18N2O3S/c1-3-16-6-7-17(14,15)13-11-8-10(12)5-4-9(11)2/h4-5,8,13H,3,6-7,12H2,1-2H3. The van der Waals surface area contributed by atoms with Gasteiger partial charge >= 0.3 is 0 Å². The van der Waals surface area contributed by atoms with Crippen molar-refractivity contribution in [2.24, 2.45) is 0 Å². The smallest absolute Gasteiger partial charge is 0.235 e. The molecule has 3 N–H and O–H groups in total. The molecular formula is C11H18N2O3S. The highest BCUT2D eigenvalue weighted by Crippen LogP contribution is 2.19. The van der Waals surface area contributed by atoms with Gasteiger partial charge in [-0.2, -0.15) is 0 Å². The van der Waals surface area contributed by atoms with Crippen LogP contribution in [-0.2, 0) is 14.8 Å². The van der Waals surface area contributed by atoms with Crippen LogP contribution in [0.4, 0.5) is 11.4 Å². The number of benzene rings is 1. The third-order valence-corrected chi connectivity index (χ3v) is 3.46. The van der Waals surface area contributed by atoms with E-state index in [0.29, 0.717) is 18.0 Å². The lowest BCUT2D eigenvalue weighted by atomic mass is 10.2. The molecule has 0 aliphatic rings. The number of anilines is 2. The number of aryl methyl sites for hydroxylation is 1. The zero-order valence-corrected chi connectivity index (χ0v) is 10.9. The quantitative estimate of drug-likeness (QED) is 0.596. The van der Waals surface area contributed by atoms with Gasteiger partial charge in [0.05, 0.1) is 18.0 Å². The molecule has 0 aromatic heterocycles. The molecule has 0 saturated heterocycles. The highest BCUT2D eigenvalue weighted by Gasteiger charge is 2.11. The molecule has 0 aliphatic carbocycles. The molecule has 96 valence electrons. The zero-order valence-electron chi connectivity index (χ0n) is 10.1. The SMILES string of the molecule is CCOCCS(=O)(=O)Nc1cc(N)ccc1C. The number of nitrogen functional groups attached to an aromatic ring is 1. The molecule has 0 unspecified atom stereocenters. The summed E-state index contributed by atoms with van der Waals surface area (Å²) in [5.74, 6) is -0.0604. The topological polar surface area (TPSA) is 81.4 Å². The van der Waals surface area contributed by atoms with Crippen LogP contribution >= 0.6 is 0 Å². The van der Waals surface area contributed by atoms with Gasteiger partial charge in [0, 0.05) is 12.3 Å². The van der Waals surface area contributed by atoms with Gasteiger partial charge in [0.2, 0.25) is 10.0 Å². The van der Waals surface area contributed by atoms with E-state index in [1.807, 2.05) is 13.8 Å². The lowest BCUT2D eigenvalue weighted by molar-refractivity contribution is 0.163. The Morgan fingerprint density at radius 2 is 2.12 bits per heavy atom. The third kappa shape index (κ3) is 4.62. The van der Waals surface area contributed by atoms with Gasteiger partial charge in [0.1, 0.15) is 0 Å². The van der Waals surface area contributed by atoms with Gasteiger partial charge in [-0.25, -0.2) is 8.42 Å². The Labute approximate surface area is 102 Å². The van der Waals surface area contributed by atoms with Crippen molar-refractivity contribution in [1.82, 2.24) is 0 Å². The van der Waals surface area contributed by atoms with Gasteiger partial charge in [-0.15, -0.1) is 0 Å². The summed E-state index contributed by atoms with van der Waals surface area (Å²) in [7, 11) is -3.38. The predicted octanol–water partition coefficient (Wildman–Crippen LogP) is 1.36. The lowest BCUT2D eigenvalue weighted by Gasteiger charge is -2.11. The second-order valence-corrected chi connectivity index (χ2v) is 5.53. The molecule has 0 saturated carbocycles. The highest BCUT2D eigenvalue weighted by atomic mass is 32.2. The minimum absolute atomic E-state index is 0.0604. The Morgan fingerprint density at radius 1 is 1.41 bits per heavy atom. The molecule has 0 atom stereocenters. The van der Waals surface area contributed by atoms with E-state index in [9.17, 15) is 8.42 Å². The Hall–Kier alpha value is -1.27. The first-order valence-electron chi connectivity index (χ1n) is 5.39. The average molecular weight is 258 g/mol. The Morgan fingerprint density at radius 3 is 2.76 bits per heavy atom. The maximum atomic E-state index is 11.7. The van der Waals surface area contributed by atoms with Crippen molar-refractivity contribution >= 4 is 21.4 Å². The minimum atomic E-state index is -3.38. The minimum Gasteiger partial charge on any atom is -0.399 e. The number of nitrogens with one attached hydrogen (secondary N) is 1. The summed E-state index contributed by atoms with van der Waals surface area (Å²) in [4.78, 5) is 0. The van der Waals surface area contributed by atoms with Gasteiger partial charge in [-0.05, 0) is 31.5 Å². The number of sulfonamides is 1. The van der Waals surface area contributed by atoms with E-state index in [-0.39, 0.29) is 12.4 Å². The van der Waals surface area contributed by atoms with Gasteiger partial charge in [-0.1, -0.05) is 6.07 Å². The number of nitrogens with two attached hydrogens (primary N) is 1. The highest BCUT2D eigenvalue weighted by molar-refractivity contribution is 7.92. The van der Waals surface area contributed by atoms with Crippen molar-refractivity contribution in [3.05, 3.63) is 23.8 Å². The molecule has 0 spiro atoms. The molecule has 1 aromatic rings. The molecule has 0 heterocycles. The van der Waals surface area contributed by atoms with Crippen LogP contribution in [-0.4, -0.2) is 27.4 Å². The van der Waals surface area contributed by atoms with Crippen LogP contribution in [0.3, 0.4) is 0 Å². The fourth-order valence-electron chi connectivity index (χ4n) is 1.28. The van der Waals surface area contributed by atoms with E-state index < -0.39 is 10.0 Å². The maximum absolute atomic E-state index is 11.7. The van der Waals surface area contributed by atoms with Crippen molar-refractivity contribution in [2.75, 3.05) is 29.4 Å². The van der Waals surface area contributed by atoms with E-state index in [0.717, 1.165) is 5.56 Å². The fourth-order valence-corrected chi connectivity index (χ4v) is 2.28. The van der Waals surface area contributed by atoms with E-state index >= 15 is 0 Å². The molecule has 1 aromatic carbocycles. The molecule has 0 amide bonds. The Bertz CT molecular complexity index is 472. The van der Waals surface area contributed by atoms with Crippen molar-refractivity contribution in [3.63, 3.8) is 0 Å². The van der Waals surface area contributed by atoms with Gasteiger partial charge in [0.25, 0.3) is 0 Å². The molecule has 5 nitrogen and oxygen atoms in total. The van der Waals surface area contributed by atoms with E-state index in [1.165, 1.54) is 0 Å². The van der Waals surface area contributed by atoms with Crippen molar-refractivity contribution in [1.29, 1.82) is 0 Å². The molecular weight excluding hydrogens is 240 g/mol. The summed E-state index contributed by atoms with van der Waals surface area (Å²) >= 11 is 0. The van der Waals surface area contributed by atoms with Crippen LogP contribution in [0, 0.1) is 6.92 Å². The van der Waals surface area contributed by atoms with Crippen LogP contribution in [0.15, 0.2) is 18.2 Å². The maximum Gasteiger partial charge on any atom is 0.235 e. The predicted molar refractivity (Wildman–Crippen MR) is 69.5 cm³/mol. The van der Waals surface area contributed by atoms with E-state index in [2.05, 4.69) is 4.72 Å². The van der Waals surface area contributed by atoms with Crippen molar-refractivity contribution in [3.8, 4) is 0 Å². The monoisotopic (exact) mass is 258 g/mol. The molecule has 6 heteroatoms. The van der Waals surface area contributed by atoms with Gasteiger partial charge < -0.3 is 10.5 Å². The van der Waals surface area contributed by atoms with Crippen LogP contribution in [0.2, 0.25) is 0 Å². The third-order valence-electron chi connectivity index (χ3n) is 2.23. The largest absolute Gasteiger partial charge is 0.399 e. The van der Waals surface area contributed by atoms with Crippen LogP contribution in [0.5, 0.6) is 0 Å². The zero-order chi connectivity index (χ0) is 12.9. The first-order chi connectivity index (χ1) is 7.94. The Kier molecular flexibility index (Phi) is 4.77. The molecule has 17 heavy (non-hydrogen) atoms. The molecule has 0 fully saturated rings. The van der Waals surface area contributed by atoms with Crippen LogP contribution in [0.1, 0.15) is 12.5 Å². The second-order valence-electron chi connectivity index (χ2n) is 3.69. The van der Waals surface area contributed by atoms with Crippen LogP contribution in [0.25, 0.3) is 0 Å². The van der Waals surface area contributed by atoms with Gasteiger partial charge in [-0.3, -0.25) is 4.72 Å². The fraction of sp³-hybridized carbons (Fsp3) is 0.455. The Balaban J connectivity index is 2.72. The summed E-state index contributed by atoms with van der Waals surface area (Å²) in [6, 6.07) is 5.11. The normalized spacial score (nSPS) is 11.4. The van der Waals surface area contributed by atoms with E-state index in [1.54, 1.807) is 18.2 Å². The summed E-state index contributed by atoms with van der Waals surface area (Å²) in [6.07, 6.45) is 0. The lowest BCUT2D eigenvalue weighted by Crippen LogP contribution is -2.20. The summed E-state index contributed by atoms with van der Waals surface area (Å²) in [5, 5.41) is 0. The second kappa shape index (κ2) is 5.88. The summed E-state index contributed by atoms with van der Waals surface area (Å²) in [5.41, 5.74) is 7.48. The van der Waals surface area contributed by atoms with E-state index in [4.69, 9.17) is 10.5 Å².